The first-order valence-electron chi connectivity index (χ1n) is 19.7. The van der Waals surface area contributed by atoms with Crippen molar-refractivity contribution >= 4 is 17.7 Å². The van der Waals surface area contributed by atoms with Gasteiger partial charge in [-0.2, -0.15) is 0 Å². The van der Waals surface area contributed by atoms with Crippen molar-refractivity contribution in [2.75, 3.05) is 40.6 Å². The van der Waals surface area contributed by atoms with Gasteiger partial charge in [-0.05, 0) is 130 Å². The Bertz CT molecular complexity index is 1690. The van der Waals surface area contributed by atoms with E-state index in [0.29, 0.717) is 62.5 Å². The van der Waals surface area contributed by atoms with E-state index in [-0.39, 0.29) is 18.3 Å². The first-order valence-corrected chi connectivity index (χ1v) is 19.7. The van der Waals surface area contributed by atoms with Crippen molar-refractivity contribution in [1.29, 1.82) is 0 Å². The summed E-state index contributed by atoms with van der Waals surface area (Å²) in [6.45, 7) is 12.1. The maximum absolute atomic E-state index is 14.3. The molecule has 0 saturated carbocycles. The second-order valence-electron chi connectivity index (χ2n) is 14.4. The summed E-state index contributed by atoms with van der Waals surface area (Å²) in [4.78, 5) is 42.9. The van der Waals surface area contributed by atoms with Crippen molar-refractivity contribution in [3.05, 3.63) is 88.0 Å². The van der Waals surface area contributed by atoms with Crippen molar-refractivity contribution in [2.24, 2.45) is 0 Å². The van der Waals surface area contributed by atoms with Crippen LogP contribution in [0.5, 0.6) is 17.2 Å². The maximum atomic E-state index is 14.3. The van der Waals surface area contributed by atoms with Crippen LogP contribution in [0.3, 0.4) is 0 Å². The number of unbranched alkanes of at least 4 members (excludes halogenated alkanes) is 1. The summed E-state index contributed by atoms with van der Waals surface area (Å²) in [6, 6.07) is 17.0. The largest absolute Gasteiger partial charge is 0.493 e. The highest BCUT2D eigenvalue weighted by Crippen LogP contribution is 2.37. The van der Waals surface area contributed by atoms with Crippen LogP contribution in [0.15, 0.2) is 54.6 Å². The molecule has 0 spiro atoms. The monoisotopic (exact) mass is 743 g/mol. The molecule has 1 saturated heterocycles. The van der Waals surface area contributed by atoms with Gasteiger partial charge in [-0.1, -0.05) is 50.2 Å². The highest BCUT2D eigenvalue weighted by atomic mass is 16.5. The van der Waals surface area contributed by atoms with Gasteiger partial charge in [0.05, 0.1) is 20.1 Å². The molecular formula is C45H61NO8. The van der Waals surface area contributed by atoms with E-state index in [4.69, 9.17) is 23.7 Å². The Balaban J connectivity index is 1.52. The summed E-state index contributed by atoms with van der Waals surface area (Å²) in [6.07, 6.45) is 6.40. The molecule has 1 heterocycles. The lowest BCUT2D eigenvalue weighted by Gasteiger charge is -2.37. The van der Waals surface area contributed by atoms with Crippen LogP contribution < -0.4 is 14.2 Å². The van der Waals surface area contributed by atoms with Gasteiger partial charge in [-0.25, -0.2) is 4.79 Å². The van der Waals surface area contributed by atoms with Crippen LogP contribution in [-0.2, 0) is 30.3 Å². The van der Waals surface area contributed by atoms with Crippen molar-refractivity contribution in [3.8, 4) is 17.2 Å². The van der Waals surface area contributed by atoms with Crippen molar-refractivity contribution < 1.29 is 38.1 Å². The Kier molecular flexibility index (Phi) is 16.9. The average molecular weight is 744 g/mol. The first kappa shape index (κ1) is 42.4. The third-order valence-corrected chi connectivity index (χ3v) is 10.4. The van der Waals surface area contributed by atoms with E-state index in [1.165, 1.54) is 11.1 Å². The molecular weight excluding hydrogens is 682 g/mol. The molecule has 1 aliphatic rings. The fourth-order valence-electron chi connectivity index (χ4n) is 7.16. The number of ether oxygens (including phenoxy) is 5. The molecule has 0 radical (unpaired) electrons. The fraction of sp³-hybridized carbons (Fsp3) is 0.533. The number of nitrogens with zero attached hydrogens (tertiary/aromatic N) is 1. The van der Waals surface area contributed by atoms with Gasteiger partial charge >= 0.3 is 5.97 Å². The topological polar surface area (TPSA) is 101 Å². The molecule has 1 fully saturated rings. The Morgan fingerprint density at radius 1 is 0.852 bits per heavy atom. The molecule has 1 aliphatic heterocycles. The highest BCUT2D eigenvalue weighted by molar-refractivity contribution is 5.89. The lowest BCUT2D eigenvalue weighted by atomic mass is 9.91. The first-order chi connectivity index (χ1) is 26.1. The van der Waals surface area contributed by atoms with Crippen LogP contribution in [0, 0.1) is 20.8 Å². The van der Waals surface area contributed by atoms with Crippen molar-refractivity contribution in [2.45, 2.75) is 117 Å². The van der Waals surface area contributed by atoms with Gasteiger partial charge in [0, 0.05) is 26.2 Å². The SMILES string of the molecule is CCCOCCCCC(=O)COc1cccc([C@@H](CCc2ccc(C)c(C)c2)OC(=O)[C@@H]2CCCCN2C(=O)[C@@H](CC)c2cc(C)c(OC)c(OC)c2)c1. The number of hydrogen-bond acceptors (Lipinski definition) is 8. The van der Waals surface area contributed by atoms with E-state index in [1.54, 1.807) is 19.1 Å². The van der Waals surface area contributed by atoms with E-state index in [2.05, 4.69) is 39.0 Å². The van der Waals surface area contributed by atoms with Crippen LogP contribution in [-0.4, -0.2) is 69.2 Å². The molecule has 54 heavy (non-hydrogen) atoms. The molecule has 3 aromatic rings. The van der Waals surface area contributed by atoms with Crippen LogP contribution in [0.25, 0.3) is 0 Å². The minimum absolute atomic E-state index is 0.0241. The average Bonchev–Trinajstić information content (AvgIpc) is 3.18. The molecule has 0 aromatic heterocycles. The van der Waals surface area contributed by atoms with E-state index < -0.39 is 24.0 Å². The standard InChI is InChI=1S/C45H61NO8/c1-8-24-52-25-13-11-16-37(47)30-53-38-17-14-15-35(28-38)41(22-21-34-20-19-31(3)32(4)26-34)54-45(49)40-18-10-12-23-46(40)44(48)39(9-2)36-27-33(5)43(51-7)42(29-36)50-6/h14-15,17,19-20,26-29,39-41H,8-13,16,18,21-25,30H2,1-7H3/t39-,40-,41+/m0/s1. The number of rotatable bonds is 21. The summed E-state index contributed by atoms with van der Waals surface area (Å²) < 4.78 is 29.0. The molecule has 1 amide bonds. The molecule has 3 aromatic carbocycles. The number of likely N-dealkylation sites (tertiary alicyclic amines) is 1. The van der Waals surface area contributed by atoms with Crippen LogP contribution in [0.4, 0.5) is 0 Å². The Labute approximate surface area is 322 Å². The third kappa shape index (κ3) is 11.8. The zero-order chi connectivity index (χ0) is 39.0. The number of carbonyl (C=O) groups is 3. The van der Waals surface area contributed by atoms with Gasteiger partial charge in [0.1, 0.15) is 24.5 Å². The molecule has 4 rings (SSSR count). The number of ketones is 1. The summed E-state index contributed by atoms with van der Waals surface area (Å²) >= 11 is 0. The number of piperidine rings is 1. The molecule has 294 valence electrons. The number of amides is 1. The molecule has 9 nitrogen and oxygen atoms in total. The summed E-state index contributed by atoms with van der Waals surface area (Å²) in [5, 5.41) is 0. The molecule has 0 aliphatic carbocycles. The van der Waals surface area contributed by atoms with E-state index in [1.807, 2.05) is 50.2 Å². The van der Waals surface area contributed by atoms with Crippen molar-refractivity contribution in [3.63, 3.8) is 0 Å². The minimum Gasteiger partial charge on any atom is -0.493 e. The van der Waals surface area contributed by atoms with Gasteiger partial charge < -0.3 is 28.6 Å². The Morgan fingerprint density at radius 2 is 1.67 bits per heavy atom. The van der Waals surface area contributed by atoms with Crippen LogP contribution >= 0.6 is 0 Å². The quantitative estimate of drug-likeness (QED) is 0.0788. The highest BCUT2D eigenvalue weighted by Gasteiger charge is 2.38. The molecule has 0 unspecified atom stereocenters. The number of carbonyl (C=O) groups excluding carboxylic acids is 3. The van der Waals surface area contributed by atoms with Gasteiger partial charge in [0.15, 0.2) is 17.3 Å². The van der Waals surface area contributed by atoms with E-state index in [0.717, 1.165) is 61.0 Å². The maximum Gasteiger partial charge on any atom is 0.329 e. The van der Waals surface area contributed by atoms with Crippen LogP contribution in [0.2, 0.25) is 0 Å². The molecule has 0 bridgehead atoms. The van der Waals surface area contributed by atoms with E-state index >= 15 is 0 Å². The summed E-state index contributed by atoms with van der Waals surface area (Å²) in [7, 11) is 3.19. The number of hydrogen-bond donors (Lipinski definition) is 0. The predicted molar refractivity (Wildman–Crippen MR) is 212 cm³/mol. The lowest BCUT2D eigenvalue weighted by Crippen LogP contribution is -2.50. The predicted octanol–water partition coefficient (Wildman–Crippen LogP) is 8.97. The third-order valence-electron chi connectivity index (χ3n) is 10.4. The number of esters is 1. The summed E-state index contributed by atoms with van der Waals surface area (Å²) in [5.74, 6) is 0.836. The van der Waals surface area contributed by atoms with Gasteiger partial charge in [0.2, 0.25) is 5.91 Å². The number of aryl methyl sites for hydroxylation is 4. The van der Waals surface area contributed by atoms with Crippen molar-refractivity contribution in [1.82, 2.24) is 4.90 Å². The van der Waals surface area contributed by atoms with Gasteiger partial charge in [-0.3, -0.25) is 9.59 Å². The normalized spacial score (nSPS) is 15.3. The number of Topliss-reactive ketones (excluding diaryl/α,β-unsaturated/α-hetero) is 1. The second-order valence-corrected chi connectivity index (χ2v) is 14.4. The molecule has 9 heteroatoms. The van der Waals surface area contributed by atoms with Gasteiger partial charge in [0.25, 0.3) is 0 Å². The minimum atomic E-state index is -0.699. The fourth-order valence-corrected chi connectivity index (χ4v) is 7.16. The Hall–Kier alpha value is -4.37. The van der Waals surface area contributed by atoms with E-state index in [9.17, 15) is 14.4 Å². The Morgan fingerprint density at radius 3 is 2.39 bits per heavy atom. The molecule has 3 atom stereocenters. The number of methoxy groups -OCH3 is 2. The zero-order valence-electron chi connectivity index (χ0n) is 33.5. The summed E-state index contributed by atoms with van der Waals surface area (Å²) in [5.41, 5.74) is 6.08. The van der Waals surface area contributed by atoms with Gasteiger partial charge in [-0.15, -0.1) is 0 Å². The smallest absolute Gasteiger partial charge is 0.329 e. The second kappa shape index (κ2) is 21.5. The lowest BCUT2D eigenvalue weighted by molar-refractivity contribution is -0.162. The zero-order valence-corrected chi connectivity index (χ0v) is 33.5. The molecule has 0 N–H and O–H groups in total. The number of benzene rings is 3. The van der Waals surface area contributed by atoms with Crippen LogP contribution in [0.1, 0.15) is 117 Å².